The summed E-state index contributed by atoms with van der Waals surface area (Å²) in [6, 6.07) is 7.58. The zero-order valence-electron chi connectivity index (χ0n) is 11.6. The van der Waals surface area contributed by atoms with Crippen molar-refractivity contribution in [3.8, 4) is 0 Å². The number of benzene rings is 1. The first-order valence-electron chi connectivity index (χ1n) is 6.04. The average molecular weight is 250 g/mol. The fourth-order valence-electron chi connectivity index (χ4n) is 1.71. The fraction of sp³-hybridized carbons (Fsp3) is 0.500. The van der Waals surface area contributed by atoms with E-state index in [0.29, 0.717) is 5.56 Å². The molecule has 18 heavy (non-hydrogen) atoms. The minimum absolute atomic E-state index is 0.272. The van der Waals surface area contributed by atoms with Gasteiger partial charge in [0.2, 0.25) is 0 Å². The van der Waals surface area contributed by atoms with Gasteiger partial charge in [0.15, 0.2) is 0 Å². The lowest BCUT2D eigenvalue weighted by Crippen LogP contribution is -2.28. The second kappa shape index (κ2) is 7.13. The molecule has 0 amide bonds. The minimum Gasteiger partial charge on any atom is -0.465 e. The third kappa shape index (κ3) is 4.47. The van der Waals surface area contributed by atoms with E-state index in [4.69, 9.17) is 4.74 Å². The normalized spacial score (nSPS) is 11.0. The number of ether oxygens (including phenoxy) is 1. The first kappa shape index (κ1) is 14.7. The molecule has 0 aliphatic heterocycles. The summed E-state index contributed by atoms with van der Waals surface area (Å²) in [6.07, 6.45) is 0. The fourth-order valence-corrected chi connectivity index (χ4v) is 1.71. The van der Waals surface area contributed by atoms with Crippen molar-refractivity contribution in [2.75, 3.05) is 41.3 Å². The van der Waals surface area contributed by atoms with E-state index in [1.807, 2.05) is 18.2 Å². The Labute approximate surface area is 109 Å². The molecule has 4 heteroatoms. The molecule has 0 aliphatic rings. The molecule has 100 valence electrons. The SMILES string of the molecule is COC(=O)c1ccccc1CN(C)CCN(C)C. The highest BCUT2D eigenvalue weighted by atomic mass is 16.5. The maximum Gasteiger partial charge on any atom is 0.338 e. The summed E-state index contributed by atoms with van der Waals surface area (Å²) < 4.78 is 4.79. The molecule has 0 bridgehead atoms. The van der Waals surface area contributed by atoms with Crippen LogP contribution in [-0.4, -0.2) is 57.1 Å². The van der Waals surface area contributed by atoms with Crippen LogP contribution in [0.1, 0.15) is 15.9 Å². The molecule has 0 saturated carbocycles. The van der Waals surface area contributed by atoms with E-state index in [9.17, 15) is 4.79 Å². The van der Waals surface area contributed by atoms with E-state index in [1.54, 1.807) is 6.07 Å². The molecular formula is C14H22N2O2. The van der Waals surface area contributed by atoms with Crippen molar-refractivity contribution in [2.45, 2.75) is 6.54 Å². The van der Waals surface area contributed by atoms with Crippen LogP contribution < -0.4 is 0 Å². The van der Waals surface area contributed by atoms with Crippen LogP contribution in [0.2, 0.25) is 0 Å². The highest BCUT2D eigenvalue weighted by Gasteiger charge is 2.12. The van der Waals surface area contributed by atoms with Crippen molar-refractivity contribution in [3.05, 3.63) is 35.4 Å². The number of carbonyl (C=O) groups excluding carboxylic acids is 1. The Bertz CT molecular complexity index is 391. The van der Waals surface area contributed by atoms with Crippen molar-refractivity contribution in [3.63, 3.8) is 0 Å². The average Bonchev–Trinajstić information content (AvgIpc) is 2.36. The highest BCUT2D eigenvalue weighted by molar-refractivity contribution is 5.90. The summed E-state index contributed by atoms with van der Waals surface area (Å²) in [5.74, 6) is -0.272. The van der Waals surface area contributed by atoms with Crippen LogP contribution in [0, 0.1) is 0 Å². The summed E-state index contributed by atoms with van der Waals surface area (Å²) in [6.45, 7) is 2.71. The Kier molecular flexibility index (Phi) is 5.82. The van der Waals surface area contributed by atoms with Crippen LogP contribution in [0.3, 0.4) is 0 Å². The van der Waals surface area contributed by atoms with E-state index in [0.717, 1.165) is 25.2 Å². The predicted octanol–water partition coefficient (Wildman–Crippen LogP) is 1.47. The maximum atomic E-state index is 11.6. The molecule has 0 heterocycles. The summed E-state index contributed by atoms with van der Waals surface area (Å²) >= 11 is 0. The van der Waals surface area contributed by atoms with Crippen LogP contribution in [0.15, 0.2) is 24.3 Å². The Balaban J connectivity index is 2.69. The van der Waals surface area contributed by atoms with Gasteiger partial charge in [-0.1, -0.05) is 18.2 Å². The molecular weight excluding hydrogens is 228 g/mol. The summed E-state index contributed by atoms with van der Waals surface area (Å²) in [7, 11) is 7.57. The van der Waals surface area contributed by atoms with E-state index < -0.39 is 0 Å². The summed E-state index contributed by atoms with van der Waals surface area (Å²) in [5.41, 5.74) is 1.65. The van der Waals surface area contributed by atoms with Crippen molar-refractivity contribution in [1.82, 2.24) is 9.80 Å². The molecule has 1 aromatic rings. The molecule has 0 aromatic heterocycles. The number of hydrogen-bond donors (Lipinski definition) is 0. The van der Waals surface area contributed by atoms with Crippen LogP contribution >= 0.6 is 0 Å². The van der Waals surface area contributed by atoms with E-state index in [1.165, 1.54) is 7.11 Å². The van der Waals surface area contributed by atoms with Crippen molar-refractivity contribution in [2.24, 2.45) is 0 Å². The zero-order chi connectivity index (χ0) is 13.5. The van der Waals surface area contributed by atoms with Gasteiger partial charge in [0.05, 0.1) is 12.7 Å². The zero-order valence-corrected chi connectivity index (χ0v) is 11.6. The van der Waals surface area contributed by atoms with Crippen LogP contribution in [0.25, 0.3) is 0 Å². The quantitative estimate of drug-likeness (QED) is 0.716. The van der Waals surface area contributed by atoms with E-state index in [-0.39, 0.29) is 5.97 Å². The van der Waals surface area contributed by atoms with Gasteiger partial charge in [0.1, 0.15) is 0 Å². The molecule has 1 rings (SSSR count). The maximum absolute atomic E-state index is 11.6. The lowest BCUT2D eigenvalue weighted by Gasteiger charge is -2.20. The first-order valence-corrected chi connectivity index (χ1v) is 6.04. The van der Waals surface area contributed by atoms with Gasteiger partial charge >= 0.3 is 5.97 Å². The largest absolute Gasteiger partial charge is 0.465 e. The third-order valence-corrected chi connectivity index (χ3v) is 2.79. The lowest BCUT2D eigenvalue weighted by molar-refractivity contribution is 0.0598. The third-order valence-electron chi connectivity index (χ3n) is 2.79. The molecule has 0 radical (unpaired) electrons. The Morgan fingerprint density at radius 1 is 1.17 bits per heavy atom. The number of likely N-dealkylation sites (N-methyl/N-ethyl adjacent to an activating group) is 2. The van der Waals surface area contributed by atoms with E-state index >= 15 is 0 Å². The Hall–Kier alpha value is -1.39. The molecule has 0 fully saturated rings. The van der Waals surface area contributed by atoms with Crippen molar-refractivity contribution >= 4 is 5.97 Å². The van der Waals surface area contributed by atoms with Crippen LogP contribution in [0.5, 0.6) is 0 Å². The Morgan fingerprint density at radius 2 is 1.83 bits per heavy atom. The number of carbonyl (C=O) groups is 1. The van der Waals surface area contributed by atoms with Gasteiger partial charge in [-0.15, -0.1) is 0 Å². The highest BCUT2D eigenvalue weighted by Crippen LogP contribution is 2.12. The van der Waals surface area contributed by atoms with Gasteiger partial charge in [-0.3, -0.25) is 0 Å². The van der Waals surface area contributed by atoms with Crippen LogP contribution in [-0.2, 0) is 11.3 Å². The lowest BCUT2D eigenvalue weighted by atomic mass is 10.1. The molecule has 0 saturated heterocycles. The van der Waals surface area contributed by atoms with Gasteiger partial charge in [0, 0.05) is 19.6 Å². The van der Waals surface area contributed by atoms with Gasteiger partial charge in [0.25, 0.3) is 0 Å². The van der Waals surface area contributed by atoms with Gasteiger partial charge in [-0.05, 0) is 32.8 Å². The number of nitrogens with zero attached hydrogens (tertiary/aromatic N) is 2. The summed E-state index contributed by atoms with van der Waals surface area (Å²) in [5, 5.41) is 0. The smallest absolute Gasteiger partial charge is 0.338 e. The molecule has 0 aliphatic carbocycles. The first-order chi connectivity index (χ1) is 8.54. The van der Waals surface area contributed by atoms with Crippen LogP contribution in [0.4, 0.5) is 0 Å². The second-order valence-corrected chi connectivity index (χ2v) is 4.69. The molecule has 4 nitrogen and oxygen atoms in total. The molecule has 0 unspecified atom stereocenters. The second-order valence-electron chi connectivity index (χ2n) is 4.69. The van der Waals surface area contributed by atoms with Crippen molar-refractivity contribution in [1.29, 1.82) is 0 Å². The number of rotatable bonds is 6. The van der Waals surface area contributed by atoms with Gasteiger partial charge < -0.3 is 14.5 Å². The molecule has 1 aromatic carbocycles. The number of methoxy groups -OCH3 is 1. The predicted molar refractivity (Wildman–Crippen MR) is 72.7 cm³/mol. The van der Waals surface area contributed by atoms with Gasteiger partial charge in [-0.2, -0.15) is 0 Å². The molecule has 0 atom stereocenters. The standard InChI is InChI=1S/C14H22N2O2/c1-15(2)9-10-16(3)11-12-7-5-6-8-13(12)14(17)18-4/h5-8H,9-11H2,1-4H3. The number of esters is 1. The molecule has 0 N–H and O–H groups in total. The van der Waals surface area contributed by atoms with E-state index in [2.05, 4.69) is 30.9 Å². The Morgan fingerprint density at radius 3 is 2.44 bits per heavy atom. The van der Waals surface area contributed by atoms with Gasteiger partial charge in [-0.25, -0.2) is 4.79 Å². The van der Waals surface area contributed by atoms with Crippen molar-refractivity contribution < 1.29 is 9.53 Å². The monoisotopic (exact) mass is 250 g/mol. The topological polar surface area (TPSA) is 32.8 Å². The summed E-state index contributed by atoms with van der Waals surface area (Å²) in [4.78, 5) is 16.0. The minimum atomic E-state index is -0.272. The number of hydrogen-bond acceptors (Lipinski definition) is 4. The molecule has 0 spiro atoms.